The molecular weight excluding hydrogens is 278 g/mol. The van der Waals surface area contributed by atoms with Gasteiger partial charge in [0.15, 0.2) is 4.34 Å². The first-order valence-electron chi connectivity index (χ1n) is 6.99. The van der Waals surface area contributed by atoms with Crippen LogP contribution in [-0.2, 0) is 0 Å². The van der Waals surface area contributed by atoms with E-state index in [9.17, 15) is 5.11 Å². The molecule has 2 N–H and O–H groups in total. The molecule has 1 heterocycles. The number of nitrogens with one attached hydrogen (secondary N) is 1. The van der Waals surface area contributed by atoms with E-state index in [1.165, 1.54) is 24.4 Å². The van der Waals surface area contributed by atoms with Crippen LogP contribution in [0, 0.1) is 6.92 Å². The summed E-state index contributed by atoms with van der Waals surface area (Å²) in [6.07, 6.45) is 5.64. The zero-order chi connectivity index (χ0) is 13.7. The number of nitrogens with zero attached hydrogens (tertiary/aromatic N) is 2. The van der Waals surface area contributed by atoms with Crippen LogP contribution in [-0.4, -0.2) is 38.4 Å². The van der Waals surface area contributed by atoms with Crippen LogP contribution in [0.4, 0.5) is 0 Å². The van der Waals surface area contributed by atoms with Crippen LogP contribution in [0.3, 0.4) is 0 Å². The summed E-state index contributed by atoms with van der Waals surface area (Å²) in [5.41, 5.74) is -0.0707. The molecule has 6 heteroatoms. The number of aliphatic hydroxyl groups is 1. The fourth-order valence-electron chi connectivity index (χ4n) is 2.15. The normalized spacial score (nSPS) is 18.5. The zero-order valence-corrected chi connectivity index (χ0v) is 13.3. The van der Waals surface area contributed by atoms with Gasteiger partial charge >= 0.3 is 0 Å². The van der Waals surface area contributed by atoms with Crippen LogP contribution in [0.15, 0.2) is 4.34 Å². The van der Waals surface area contributed by atoms with E-state index in [0.29, 0.717) is 6.04 Å². The lowest BCUT2D eigenvalue weighted by Crippen LogP contribution is -2.49. The Morgan fingerprint density at radius 2 is 2.32 bits per heavy atom. The molecule has 0 bridgehead atoms. The molecule has 0 amide bonds. The van der Waals surface area contributed by atoms with E-state index in [4.69, 9.17) is 0 Å². The molecular formula is C13H23N3OS2. The van der Waals surface area contributed by atoms with Crippen molar-refractivity contribution in [2.24, 2.45) is 0 Å². The molecule has 0 saturated heterocycles. The Kier molecular flexibility index (Phi) is 5.62. The van der Waals surface area contributed by atoms with Gasteiger partial charge in [-0.1, -0.05) is 18.7 Å². The Balaban J connectivity index is 1.72. The van der Waals surface area contributed by atoms with Gasteiger partial charge in [-0.05, 0) is 50.6 Å². The molecule has 1 fully saturated rings. The maximum Gasteiger partial charge on any atom is 0.170 e. The molecule has 1 unspecified atom stereocenters. The average Bonchev–Trinajstić information content (AvgIpc) is 3.14. The lowest BCUT2D eigenvalue weighted by Gasteiger charge is -2.32. The summed E-state index contributed by atoms with van der Waals surface area (Å²) in [5.74, 6) is 1.91. The maximum absolute atomic E-state index is 9.68. The minimum Gasteiger partial charge on any atom is -0.394 e. The van der Waals surface area contributed by atoms with Gasteiger partial charge in [0.25, 0.3) is 0 Å². The van der Waals surface area contributed by atoms with Gasteiger partial charge in [0, 0.05) is 17.3 Å². The first kappa shape index (κ1) is 15.2. The van der Waals surface area contributed by atoms with E-state index in [2.05, 4.69) is 21.6 Å². The molecule has 1 aromatic rings. The van der Waals surface area contributed by atoms with E-state index in [1.54, 1.807) is 11.8 Å². The number of aryl methyl sites for hydroxylation is 1. The van der Waals surface area contributed by atoms with Crippen molar-refractivity contribution >= 4 is 23.3 Å². The van der Waals surface area contributed by atoms with Gasteiger partial charge in [0.2, 0.25) is 0 Å². The van der Waals surface area contributed by atoms with Gasteiger partial charge in [-0.2, -0.15) is 4.37 Å². The second-order valence-electron chi connectivity index (χ2n) is 5.27. The third-order valence-electron chi connectivity index (χ3n) is 3.60. The number of aliphatic hydroxyl groups excluding tert-OH is 1. The third kappa shape index (κ3) is 4.70. The predicted molar refractivity (Wildman–Crippen MR) is 80.9 cm³/mol. The first-order chi connectivity index (χ1) is 9.17. The van der Waals surface area contributed by atoms with Crippen molar-refractivity contribution in [3.63, 3.8) is 0 Å². The summed E-state index contributed by atoms with van der Waals surface area (Å²) < 4.78 is 5.24. The van der Waals surface area contributed by atoms with E-state index < -0.39 is 0 Å². The summed E-state index contributed by atoms with van der Waals surface area (Å²) >= 11 is 3.25. The van der Waals surface area contributed by atoms with E-state index >= 15 is 0 Å². The lowest BCUT2D eigenvalue weighted by molar-refractivity contribution is 0.144. The van der Waals surface area contributed by atoms with Crippen molar-refractivity contribution in [3.8, 4) is 0 Å². The van der Waals surface area contributed by atoms with Crippen molar-refractivity contribution in [1.82, 2.24) is 14.7 Å². The minimum atomic E-state index is -0.0707. The van der Waals surface area contributed by atoms with Crippen LogP contribution in [0.5, 0.6) is 0 Å². The molecule has 1 aliphatic carbocycles. The highest BCUT2D eigenvalue weighted by Crippen LogP contribution is 2.28. The van der Waals surface area contributed by atoms with Crippen LogP contribution in [0.2, 0.25) is 0 Å². The Hall–Kier alpha value is -0.170. The van der Waals surface area contributed by atoms with Crippen molar-refractivity contribution < 1.29 is 5.11 Å². The molecule has 0 aromatic carbocycles. The zero-order valence-electron chi connectivity index (χ0n) is 11.7. The molecule has 1 saturated carbocycles. The highest BCUT2D eigenvalue weighted by molar-refractivity contribution is 8.00. The van der Waals surface area contributed by atoms with Gasteiger partial charge in [0.05, 0.1) is 6.61 Å². The van der Waals surface area contributed by atoms with Crippen molar-refractivity contribution in [3.05, 3.63) is 5.82 Å². The fraction of sp³-hybridized carbons (Fsp3) is 0.846. The molecule has 108 valence electrons. The van der Waals surface area contributed by atoms with Gasteiger partial charge in [-0.3, -0.25) is 0 Å². The standard InChI is InChI=1S/C13H23N3OS2/c1-3-13(9-17,15-11-5-6-11)7-4-8-18-12-14-10(2)16-19-12/h11,15,17H,3-9H2,1-2H3. The number of hydrogen-bond acceptors (Lipinski definition) is 6. The Morgan fingerprint density at radius 3 is 2.84 bits per heavy atom. The van der Waals surface area contributed by atoms with Crippen molar-refractivity contribution in [2.75, 3.05) is 12.4 Å². The summed E-state index contributed by atoms with van der Waals surface area (Å²) in [6, 6.07) is 0.644. The fourth-order valence-corrected chi connectivity index (χ4v) is 3.81. The van der Waals surface area contributed by atoms with Gasteiger partial charge in [-0.15, -0.1) is 0 Å². The Labute approximate surface area is 123 Å². The topological polar surface area (TPSA) is 58.0 Å². The van der Waals surface area contributed by atoms with E-state index in [0.717, 1.165) is 35.2 Å². The SMILES string of the molecule is CCC(CO)(CCCSc1nc(C)ns1)NC1CC1. The molecule has 0 aliphatic heterocycles. The van der Waals surface area contributed by atoms with Crippen LogP contribution >= 0.6 is 23.3 Å². The van der Waals surface area contributed by atoms with Gasteiger partial charge in [0.1, 0.15) is 5.82 Å². The Morgan fingerprint density at radius 1 is 1.53 bits per heavy atom. The molecule has 0 spiro atoms. The van der Waals surface area contributed by atoms with Gasteiger partial charge < -0.3 is 10.4 Å². The van der Waals surface area contributed by atoms with Crippen LogP contribution in [0.1, 0.15) is 44.9 Å². The monoisotopic (exact) mass is 301 g/mol. The first-order valence-corrected chi connectivity index (χ1v) is 8.75. The second-order valence-corrected chi connectivity index (χ2v) is 7.36. The van der Waals surface area contributed by atoms with Crippen LogP contribution < -0.4 is 5.32 Å². The molecule has 0 radical (unpaired) electrons. The predicted octanol–water partition coefficient (Wildman–Crippen LogP) is 2.61. The van der Waals surface area contributed by atoms with Crippen molar-refractivity contribution in [2.45, 2.75) is 61.9 Å². The number of thioether (sulfide) groups is 1. The summed E-state index contributed by atoms with van der Waals surface area (Å²) in [4.78, 5) is 4.35. The summed E-state index contributed by atoms with van der Waals surface area (Å²) in [5, 5.41) is 13.3. The summed E-state index contributed by atoms with van der Waals surface area (Å²) in [6.45, 7) is 4.32. The van der Waals surface area contributed by atoms with E-state index in [1.807, 2.05) is 6.92 Å². The maximum atomic E-state index is 9.68. The second kappa shape index (κ2) is 7.02. The molecule has 1 atom stereocenters. The largest absolute Gasteiger partial charge is 0.394 e. The summed E-state index contributed by atoms with van der Waals surface area (Å²) in [7, 11) is 0. The number of aromatic nitrogens is 2. The third-order valence-corrected chi connectivity index (χ3v) is 5.61. The number of rotatable bonds is 9. The Bertz CT molecular complexity index is 389. The van der Waals surface area contributed by atoms with E-state index in [-0.39, 0.29) is 12.1 Å². The highest BCUT2D eigenvalue weighted by atomic mass is 32.2. The van der Waals surface area contributed by atoms with Crippen LogP contribution in [0.25, 0.3) is 0 Å². The molecule has 4 nitrogen and oxygen atoms in total. The smallest absolute Gasteiger partial charge is 0.170 e. The molecule has 1 aromatic heterocycles. The number of hydrogen-bond donors (Lipinski definition) is 2. The van der Waals surface area contributed by atoms with Crippen molar-refractivity contribution in [1.29, 1.82) is 0 Å². The quantitative estimate of drug-likeness (QED) is 0.542. The molecule has 1 aliphatic rings. The highest BCUT2D eigenvalue weighted by Gasteiger charge is 2.33. The average molecular weight is 301 g/mol. The minimum absolute atomic E-state index is 0.0707. The molecule has 19 heavy (non-hydrogen) atoms. The van der Waals surface area contributed by atoms with Gasteiger partial charge in [-0.25, -0.2) is 4.98 Å². The lowest BCUT2D eigenvalue weighted by atomic mass is 9.91. The molecule has 2 rings (SSSR count).